The third-order valence-electron chi connectivity index (χ3n) is 5.37. The van der Waals surface area contributed by atoms with Crippen molar-refractivity contribution < 1.29 is 14.2 Å². The molecule has 0 saturated carbocycles. The van der Waals surface area contributed by atoms with Crippen LogP contribution >= 0.6 is 0 Å². The summed E-state index contributed by atoms with van der Waals surface area (Å²) in [5, 5.41) is 0. The summed E-state index contributed by atoms with van der Waals surface area (Å²) < 4.78 is 13.0. The van der Waals surface area contributed by atoms with E-state index >= 15 is 0 Å². The standard InChI is InChI=1S/C17H26FN3/c1-2-19-9-7-17(8-10-19)21-13-11-20(12-14-21)16-5-3-15(18)4-6-16/h3-6,17H,2,7-14H2,1H3/p+2. The second-order valence-electron chi connectivity index (χ2n) is 6.50. The third kappa shape index (κ3) is 3.55. The topological polar surface area (TPSA) is 12.1 Å². The van der Waals surface area contributed by atoms with Gasteiger partial charge in [-0.1, -0.05) is 0 Å². The summed E-state index contributed by atoms with van der Waals surface area (Å²) in [7, 11) is 0. The quantitative estimate of drug-likeness (QED) is 0.773. The van der Waals surface area contributed by atoms with Gasteiger partial charge in [-0.25, -0.2) is 4.39 Å². The Morgan fingerprint density at radius 3 is 2.24 bits per heavy atom. The number of halogens is 1. The number of nitrogens with zero attached hydrogens (tertiary/aromatic N) is 1. The highest BCUT2D eigenvalue weighted by atomic mass is 19.1. The van der Waals surface area contributed by atoms with Crippen molar-refractivity contribution in [3.8, 4) is 0 Å². The molecule has 2 fully saturated rings. The molecule has 0 atom stereocenters. The van der Waals surface area contributed by atoms with E-state index in [0.29, 0.717) is 0 Å². The SMILES string of the molecule is CC[NH+]1CCC([NH+]2CCN(c3ccc(F)cc3)CC2)CC1. The number of quaternary nitrogens is 2. The molecule has 1 aromatic rings. The molecule has 2 N–H and O–H groups in total. The molecule has 1 aromatic carbocycles. The van der Waals surface area contributed by atoms with Crippen LogP contribution in [0.1, 0.15) is 19.8 Å². The predicted molar refractivity (Wildman–Crippen MR) is 83.6 cm³/mol. The van der Waals surface area contributed by atoms with Crippen LogP contribution in [0.15, 0.2) is 24.3 Å². The van der Waals surface area contributed by atoms with E-state index in [2.05, 4.69) is 11.8 Å². The molecule has 3 nitrogen and oxygen atoms in total. The van der Waals surface area contributed by atoms with E-state index in [0.717, 1.165) is 19.1 Å². The van der Waals surface area contributed by atoms with E-state index in [1.165, 1.54) is 51.3 Å². The van der Waals surface area contributed by atoms with Gasteiger partial charge in [0.15, 0.2) is 0 Å². The van der Waals surface area contributed by atoms with Crippen molar-refractivity contribution in [2.75, 3.05) is 50.7 Å². The summed E-state index contributed by atoms with van der Waals surface area (Å²) in [6, 6.07) is 7.82. The second kappa shape index (κ2) is 6.75. The lowest BCUT2D eigenvalue weighted by Crippen LogP contribution is -3.22. The van der Waals surface area contributed by atoms with Gasteiger partial charge in [-0.15, -0.1) is 0 Å². The smallest absolute Gasteiger partial charge is 0.123 e. The average molecular weight is 293 g/mol. The molecular formula is C17H28FN3+2. The van der Waals surface area contributed by atoms with Crippen molar-refractivity contribution in [1.82, 2.24) is 0 Å². The van der Waals surface area contributed by atoms with Gasteiger partial charge in [-0.2, -0.15) is 0 Å². The molecule has 0 spiro atoms. The molecule has 0 aliphatic carbocycles. The zero-order valence-electron chi connectivity index (χ0n) is 13.1. The van der Waals surface area contributed by atoms with Crippen molar-refractivity contribution in [2.24, 2.45) is 0 Å². The second-order valence-corrected chi connectivity index (χ2v) is 6.50. The van der Waals surface area contributed by atoms with Gasteiger partial charge in [0.2, 0.25) is 0 Å². The van der Waals surface area contributed by atoms with E-state index in [9.17, 15) is 4.39 Å². The number of nitrogens with one attached hydrogen (secondary N) is 2. The maximum Gasteiger partial charge on any atom is 0.123 e. The van der Waals surface area contributed by atoms with E-state index in [1.54, 1.807) is 21.9 Å². The monoisotopic (exact) mass is 293 g/mol. The highest BCUT2D eigenvalue weighted by molar-refractivity contribution is 5.46. The van der Waals surface area contributed by atoms with Gasteiger partial charge in [-0.05, 0) is 31.2 Å². The molecule has 0 radical (unpaired) electrons. The molecule has 4 heteroatoms. The first-order valence-corrected chi connectivity index (χ1v) is 8.45. The number of piperazine rings is 1. The number of anilines is 1. The fraction of sp³-hybridized carbons (Fsp3) is 0.647. The van der Waals surface area contributed by atoms with Gasteiger partial charge >= 0.3 is 0 Å². The predicted octanol–water partition coefficient (Wildman–Crippen LogP) is -0.402. The average Bonchev–Trinajstić information content (AvgIpc) is 2.56. The van der Waals surface area contributed by atoms with Crippen LogP contribution in [0.5, 0.6) is 0 Å². The molecule has 2 aliphatic rings. The lowest BCUT2D eigenvalue weighted by molar-refractivity contribution is -0.957. The van der Waals surface area contributed by atoms with Gasteiger partial charge in [0, 0.05) is 18.5 Å². The molecule has 0 unspecified atom stereocenters. The van der Waals surface area contributed by atoms with Crippen molar-refractivity contribution in [2.45, 2.75) is 25.8 Å². The summed E-state index contributed by atoms with van der Waals surface area (Å²) >= 11 is 0. The zero-order chi connectivity index (χ0) is 14.7. The third-order valence-corrected chi connectivity index (χ3v) is 5.37. The van der Waals surface area contributed by atoms with E-state index < -0.39 is 0 Å². The number of likely N-dealkylation sites (tertiary alicyclic amines) is 1. The summed E-state index contributed by atoms with van der Waals surface area (Å²) in [5.74, 6) is -0.145. The van der Waals surface area contributed by atoms with Crippen LogP contribution in [0, 0.1) is 5.82 Å². The first-order chi connectivity index (χ1) is 10.3. The van der Waals surface area contributed by atoms with Crippen LogP contribution < -0.4 is 14.7 Å². The van der Waals surface area contributed by atoms with Crippen molar-refractivity contribution in [1.29, 1.82) is 0 Å². The van der Waals surface area contributed by atoms with Crippen LogP contribution in [0.25, 0.3) is 0 Å². The molecule has 21 heavy (non-hydrogen) atoms. The molecular weight excluding hydrogens is 265 g/mol. The van der Waals surface area contributed by atoms with Crippen LogP contribution in [-0.4, -0.2) is 51.9 Å². The minimum atomic E-state index is -0.145. The fourth-order valence-electron chi connectivity index (χ4n) is 3.90. The van der Waals surface area contributed by atoms with E-state index in [-0.39, 0.29) is 5.82 Å². The summed E-state index contributed by atoms with van der Waals surface area (Å²) in [5.41, 5.74) is 1.17. The van der Waals surface area contributed by atoms with Crippen molar-refractivity contribution >= 4 is 5.69 Å². The van der Waals surface area contributed by atoms with Crippen LogP contribution in [0.3, 0.4) is 0 Å². The van der Waals surface area contributed by atoms with Gasteiger partial charge in [-0.3, -0.25) is 0 Å². The molecule has 0 aromatic heterocycles. The molecule has 2 heterocycles. The normalized spacial score (nSPS) is 27.8. The Labute approximate surface area is 127 Å². The number of piperidine rings is 1. The molecule has 116 valence electrons. The Hall–Kier alpha value is -1.13. The minimum absolute atomic E-state index is 0.145. The van der Waals surface area contributed by atoms with Crippen LogP contribution in [-0.2, 0) is 0 Å². The Morgan fingerprint density at radius 1 is 1.05 bits per heavy atom. The molecule has 0 bridgehead atoms. The van der Waals surface area contributed by atoms with Gasteiger partial charge in [0.25, 0.3) is 0 Å². The first kappa shape index (κ1) is 14.8. The van der Waals surface area contributed by atoms with Crippen LogP contribution in [0.4, 0.5) is 10.1 Å². The Bertz CT molecular complexity index is 432. The lowest BCUT2D eigenvalue weighted by atomic mass is 10.0. The summed E-state index contributed by atoms with van der Waals surface area (Å²) in [6.07, 6.45) is 2.77. The number of hydrogen-bond acceptors (Lipinski definition) is 1. The Kier molecular flexibility index (Phi) is 4.76. The number of rotatable bonds is 3. The maximum absolute atomic E-state index is 13.0. The molecule has 0 amide bonds. The van der Waals surface area contributed by atoms with Crippen molar-refractivity contribution in [3.05, 3.63) is 30.1 Å². The number of hydrogen-bond donors (Lipinski definition) is 2. The Morgan fingerprint density at radius 2 is 1.67 bits per heavy atom. The Balaban J connectivity index is 1.50. The van der Waals surface area contributed by atoms with Gasteiger partial charge < -0.3 is 14.7 Å². The maximum atomic E-state index is 13.0. The lowest BCUT2D eigenvalue weighted by Gasteiger charge is -2.39. The first-order valence-electron chi connectivity index (χ1n) is 8.45. The number of benzene rings is 1. The summed E-state index contributed by atoms with van der Waals surface area (Å²) in [4.78, 5) is 5.97. The molecule has 2 saturated heterocycles. The fourth-order valence-corrected chi connectivity index (χ4v) is 3.90. The van der Waals surface area contributed by atoms with Gasteiger partial charge in [0.1, 0.15) is 5.82 Å². The highest BCUT2D eigenvalue weighted by Gasteiger charge is 2.31. The van der Waals surface area contributed by atoms with E-state index in [4.69, 9.17) is 0 Å². The molecule has 3 rings (SSSR count). The van der Waals surface area contributed by atoms with Gasteiger partial charge in [0.05, 0.1) is 51.9 Å². The minimum Gasteiger partial charge on any atom is -0.360 e. The van der Waals surface area contributed by atoms with Crippen molar-refractivity contribution in [3.63, 3.8) is 0 Å². The largest absolute Gasteiger partial charge is 0.360 e. The van der Waals surface area contributed by atoms with E-state index in [1.807, 2.05) is 12.1 Å². The zero-order valence-corrected chi connectivity index (χ0v) is 13.1. The summed E-state index contributed by atoms with van der Waals surface area (Å²) in [6.45, 7) is 10.9. The highest BCUT2D eigenvalue weighted by Crippen LogP contribution is 2.14. The molecule has 2 aliphatic heterocycles. The van der Waals surface area contributed by atoms with Crippen LogP contribution in [0.2, 0.25) is 0 Å².